The molecule has 2 saturated carbocycles. The van der Waals surface area contributed by atoms with E-state index in [1.807, 2.05) is 40.7 Å². The Morgan fingerprint density at radius 3 is 2.30 bits per heavy atom. The van der Waals surface area contributed by atoms with Crippen LogP contribution in [0, 0.1) is 45.3 Å². The summed E-state index contributed by atoms with van der Waals surface area (Å²) < 4.78 is 11.5. The van der Waals surface area contributed by atoms with Gasteiger partial charge in [-0.3, -0.25) is 14.4 Å². The molecular weight excluding hydrogens is 608 g/mol. The van der Waals surface area contributed by atoms with Crippen molar-refractivity contribution in [2.45, 2.75) is 117 Å². The van der Waals surface area contributed by atoms with Gasteiger partial charge in [0.1, 0.15) is 35.8 Å². The summed E-state index contributed by atoms with van der Waals surface area (Å²) in [7, 11) is 0. The lowest BCUT2D eigenvalue weighted by Gasteiger charge is -2.63. The van der Waals surface area contributed by atoms with Gasteiger partial charge in [0.25, 0.3) is 0 Å². The predicted molar refractivity (Wildman–Crippen MR) is 169 cm³/mol. The normalized spacial score (nSPS) is 45.9. The van der Waals surface area contributed by atoms with Crippen LogP contribution in [0.5, 0.6) is 0 Å². The molecule has 1 saturated heterocycles. The molecule has 13 atom stereocenters. The number of hydrogen-bond acceptors (Lipinski definition) is 11. The molecule has 0 aromatic carbocycles. The largest absolute Gasteiger partial charge is 0.459 e. The quantitative estimate of drug-likeness (QED) is 0.172. The number of allylic oxidation sites excluding steroid dienone is 5. The van der Waals surface area contributed by atoms with Crippen molar-refractivity contribution >= 4 is 17.3 Å². The van der Waals surface area contributed by atoms with Gasteiger partial charge in [-0.25, -0.2) is 0 Å². The number of ketones is 3. The van der Waals surface area contributed by atoms with Crippen LogP contribution >= 0.6 is 0 Å². The van der Waals surface area contributed by atoms with Crippen molar-refractivity contribution in [2.24, 2.45) is 45.3 Å². The van der Waals surface area contributed by atoms with Crippen molar-refractivity contribution in [2.75, 3.05) is 6.61 Å². The standard InChI is InChI=1S/C36H52O11/c1-17(2)9-12-24(39)36(8,45)29-20(38)14-33(5)23-11-10-18-19(35(23,7)25(40)15-34(29,33)6)13-21(30(44)32(18,3)4)46-31-28(43)27(42)26(41)22(16-37)47-31/h9-10,12-13,17,19-20,22-23,26-29,31,37-38,41-43,45H,11,14-16H2,1-8H3/b12-9+/t19-,20-,22-,23+,26-,27+,28-,29+,31-,33+,34-,35+,36+/m1/s1. The monoisotopic (exact) mass is 660 g/mol. The summed E-state index contributed by atoms with van der Waals surface area (Å²) in [4.78, 5) is 41.9. The van der Waals surface area contributed by atoms with Gasteiger partial charge in [0.05, 0.1) is 18.1 Å². The molecule has 0 radical (unpaired) electrons. The molecule has 0 amide bonds. The topological polar surface area (TPSA) is 191 Å². The second-order valence-corrected chi connectivity index (χ2v) is 16.3. The summed E-state index contributed by atoms with van der Waals surface area (Å²) in [5, 5.41) is 64.2. The minimum Gasteiger partial charge on any atom is -0.459 e. The first kappa shape index (κ1) is 36.0. The van der Waals surface area contributed by atoms with Crippen LogP contribution in [0.1, 0.15) is 74.7 Å². The number of carbonyl (C=O) groups is 3. The fourth-order valence-electron chi connectivity index (χ4n) is 9.94. The summed E-state index contributed by atoms with van der Waals surface area (Å²) in [6.07, 6.45) is -1.55. The van der Waals surface area contributed by atoms with E-state index in [9.17, 15) is 45.0 Å². The minimum atomic E-state index is -1.92. The average molecular weight is 661 g/mol. The molecule has 11 nitrogen and oxygen atoms in total. The molecule has 3 fully saturated rings. The Bertz CT molecular complexity index is 1410. The third kappa shape index (κ3) is 5.06. The molecular formula is C36H52O11. The van der Waals surface area contributed by atoms with Crippen LogP contribution in [0.15, 0.2) is 35.6 Å². The molecule has 5 aliphatic rings. The highest BCUT2D eigenvalue weighted by Crippen LogP contribution is 2.73. The zero-order valence-corrected chi connectivity index (χ0v) is 28.6. The number of aliphatic hydroxyl groups excluding tert-OH is 5. The maximum absolute atomic E-state index is 14.7. The van der Waals surface area contributed by atoms with E-state index in [1.165, 1.54) is 13.0 Å². The third-order valence-corrected chi connectivity index (χ3v) is 12.8. The molecule has 47 heavy (non-hydrogen) atoms. The Morgan fingerprint density at radius 1 is 1.06 bits per heavy atom. The molecule has 4 aliphatic carbocycles. The van der Waals surface area contributed by atoms with Gasteiger partial charge in [0.15, 0.2) is 11.5 Å². The Labute approximate surface area is 276 Å². The van der Waals surface area contributed by atoms with Crippen LogP contribution in [0.4, 0.5) is 0 Å². The first-order valence-corrected chi connectivity index (χ1v) is 16.7. The van der Waals surface area contributed by atoms with Gasteiger partial charge in [0.2, 0.25) is 12.1 Å². The highest BCUT2D eigenvalue weighted by molar-refractivity contribution is 6.02. The van der Waals surface area contributed by atoms with Gasteiger partial charge in [0, 0.05) is 23.7 Å². The lowest BCUT2D eigenvalue weighted by Crippen LogP contribution is -2.64. The van der Waals surface area contributed by atoms with E-state index >= 15 is 0 Å². The van der Waals surface area contributed by atoms with Crippen molar-refractivity contribution in [3.63, 3.8) is 0 Å². The first-order valence-electron chi connectivity index (χ1n) is 16.7. The zero-order chi connectivity index (χ0) is 35.2. The predicted octanol–water partition coefficient (Wildman–Crippen LogP) is 1.76. The number of ether oxygens (including phenoxy) is 2. The summed E-state index contributed by atoms with van der Waals surface area (Å²) in [6.45, 7) is 13.9. The van der Waals surface area contributed by atoms with Crippen LogP contribution in [0.3, 0.4) is 0 Å². The molecule has 0 aromatic heterocycles. The molecule has 1 aliphatic heterocycles. The molecule has 0 aromatic rings. The van der Waals surface area contributed by atoms with E-state index in [4.69, 9.17) is 9.47 Å². The van der Waals surface area contributed by atoms with Crippen molar-refractivity contribution in [3.05, 3.63) is 35.6 Å². The van der Waals surface area contributed by atoms with E-state index in [2.05, 4.69) is 0 Å². The fourth-order valence-corrected chi connectivity index (χ4v) is 9.94. The molecule has 0 unspecified atom stereocenters. The van der Waals surface area contributed by atoms with Gasteiger partial charge < -0.3 is 40.1 Å². The van der Waals surface area contributed by atoms with Crippen LogP contribution in [0.25, 0.3) is 0 Å². The van der Waals surface area contributed by atoms with E-state index in [1.54, 1.807) is 26.0 Å². The van der Waals surface area contributed by atoms with Gasteiger partial charge in [-0.05, 0) is 68.4 Å². The van der Waals surface area contributed by atoms with E-state index in [0.29, 0.717) is 6.42 Å². The Kier molecular flexibility index (Phi) is 8.95. The molecule has 0 bridgehead atoms. The number of rotatable bonds is 7. The summed E-state index contributed by atoms with van der Waals surface area (Å²) >= 11 is 0. The van der Waals surface area contributed by atoms with Crippen molar-refractivity contribution in [1.82, 2.24) is 0 Å². The maximum Gasteiger partial charge on any atom is 0.229 e. The minimum absolute atomic E-state index is 0.00948. The molecule has 0 spiro atoms. The van der Waals surface area contributed by atoms with Gasteiger partial charge in [-0.1, -0.05) is 52.3 Å². The average Bonchev–Trinajstić information content (AvgIpc) is 3.19. The first-order chi connectivity index (χ1) is 21.6. The second-order valence-electron chi connectivity index (χ2n) is 16.3. The lowest BCUT2D eigenvalue weighted by molar-refractivity contribution is -0.291. The summed E-state index contributed by atoms with van der Waals surface area (Å²) in [5.41, 5.74) is -5.00. The highest BCUT2D eigenvalue weighted by atomic mass is 16.7. The Hall–Kier alpha value is -2.25. The smallest absolute Gasteiger partial charge is 0.229 e. The van der Waals surface area contributed by atoms with Gasteiger partial charge in [-0.15, -0.1) is 0 Å². The highest BCUT2D eigenvalue weighted by Gasteiger charge is 2.74. The van der Waals surface area contributed by atoms with Gasteiger partial charge >= 0.3 is 0 Å². The van der Waals surface area contributed by atoms with Crippen LogP contribution in [-0.4, -0.2) is 97.0 Å². The number of carbonyl (C=O) groups excluding carboxylic acids is 3. The van der Waals surface area contributed by atoms with Crippen molar-refractivity contribution < 1.29 is 54.5 Å². The summed E-state index contributed by atoms with van der Waals surface area (Å²) in [5.74, 6) is -3.00. The van der Waals surface area contributed by atoms with Crippen LogP contribution < -0.4 is 0 Å². The molecule has 6 N–H and O–H groups in total. The van der Waals surface area contributed by atoms with Crippen molar-refractivity contribution in [3.8, 4) is 0 Å². The molecule has 262 valence electrons. The molecule has 5 rings (SSSR count). The molecule has 1 heterocycles. The third-order valence-electron chi connectivity index (χ3n) is 12.8. The number of Topliss-reactive ketones (excluding diaryl/α,β-unsaturated/α-hetero) is 2. The molecule has 11 heteroatoms. The summed E-state index contributed by atoms with van der Waals surface area (Å²) in [6, 6.07) is 0. The number of hydrogen-bond donors (Lipinski definition) is 6. The number of aliphatic hydroxyl groups is 6. The lowest BCUT2D eigenvalue weighted by atomic mass is 9.39. The number of fused-ring (bicyclic) bond motifs is 5. The Balaban J connectivity index is 1.55. The SMILES string of the molecule is CC(C)/C=C/C(=O)[C@](C)(O)[C@H]1[C@H](O)C[C@@]2(C)[C@@H]3CC=C4[C@@H](C=C(O[C@@H]5O[C@H](CO)[C@@H](O)[C@H](O)[C@H]5O)C(=O)C4(C)C)[C@]3(C)C(=O)C[C@]12C. The Morgan fingerprint density at radius 2 is 1.70 bits per heavy atom. The maximum atomic E-state index is 14.7. The fraction of sp³-hybridized carbons (Fsp3) is 0.750. The zero-order valence-electron chi connectivity index (χ0n) is 28.6. The van der Waals surface area contributed by atoms with Crippen LogP contribution in [0.2, 0.25) is 0 Å². The van der Waals surface area contributed by atoms with Gasteiger partial charge in [-0.2, -0.15) is 0 Å². The van der Waals surface area contributed by atoms with Crippen molar-refractivity contribution in [1.29, 1.82) is 0 Å². The van der Waals surface area contributed by atoms with E-state index in [-0.39, 0.29) is 36.2 Å². The van der Waals surface area contributed by atoms with Crippen LogP contribution in [-0.2, 0) is 23.9 Å². The second kappa shape index (κ2) is 11.7. The van der Waals surface area contributed by atoms with E-state index < -0.39 is 94.1 Å². The van der Waals surface area contributed by atoms with E-state index in [0.717, 1.165) is 5.57 Å².